The van der Waals surface area contributed by atoms with Crippen molar-refractivity contribution in [2.45, 2.75) is 223 Å². The number of Topliss-reactive ketones (excluding diaryl/α,β-unsaturated/α-hetero) is 1. The molecule has 34 heteroatoms. The van der Waals surface area contributed by atoms with Crippen molar-refractivity contribution in [3.05, 3.63) is 153 Å². The van der Waals surface area contributed by atoms with E-state index in [1.807, 2.05) is 76.5 Å². The number of thiophene rings is 6. The molecule has 1 amide bonds. The van der Waals surface area contributed by atoms with Gasteiger partial charge in [0.1, 0.15) is 21.3 Å². The zero-order valence-corrected chi connectivity index (χ0v) is 86.6. The number of hydrogen-bond donors (Lipinski definition) is 0. The second-order valence-corrected chi connectivity index (χ2v) is 52.2. The zero-order valence-electron chi connectivity index (χ0n) is 61.8. The van der Waals surface area contributed by atoms with Gasteiger partial charge in [-0.25, -0.2) is 35.0 Å². The van der Waals surface area contributed by atoms with Crippen LogP contribution in [0.15, 0.2) is 112 Å². The van der Waals surface area contributed by atoms with Crippen LogP contribution in [0.4, 0.5) is 5.69 Å². The molecule has 5 aliphatic rings. The number of hydrogen-bond acceptors (Lipinski definition) is 16. The van der Waals surface area contributed by atoms with Crippen molar-refractivity contribution in [1.82, 2.24) is 13.5 Å². The number of unbranched alkanes of at least 4 members (excludes halogenated alkanes) is 17. The largest absolute Gasteiger partial charge is 0.334 e. The molecule has 13 rings (SSSR count). The first kappa shape index (κ1) is 99.7. The van der Waals surface area contributed by atoms with Crippen LogP contribution in [0.2, 0.25) is 0 Å². The molecule has 6 aromatic heterocycles. The van der Waals surface area contributed by atoms with Crippen LogP contribution in [0.1, 0.15) is 228 Å². The van der Waals surface area contributed by atoms with Crippen molar-refractivity contribution in [3.8, 4) is 19.5 Å². The number of halogens is 11. The lowest BCUT2D eigenvalue weighted by atomic mass is 9.87. The fourth-order valence-electron chi connectivity index (χ4n) is 13.7. The lowest BCUT2D eigenvalue weighted by Gasteiger charge is -2.23. The van der Waals surface area contributed by atoms with Crippen LogP contribution in [0, 0.1) is 0 Å². The third-order valence-corrected chi connectivity index (χ3v) is 41.8. The van der Waals surface area contributed by atoms with E-state index in [2.05, 4.69) is 199 Å². The molecule has 1 aliphatic carbocycles. The van der Waals surface area contributed by atoms with Gasteiger partial charge in [-0.1, -0.05) is 196 Å². The lowest BCUT2D eigenvalue weighted by molar-refractivity contribution is -0.286. The first-order valence-electron chi connectivity index (χ1n) is 37.6. The number of fused-ring (bicyclic) bond motifs is 5. The van der Waals surface area contributed by atoms with Gasteiger partial charge in [0.25, 0.3) is 15.9 Å². The average molecular weight is 2440 g/mol. The molecular weight excluding hydrogens is 2340 g/mol. The van der Waals surface area contributed by atoms with E-state index in [4.69, 9.17) is 9.78 Å². The van der Waals surface area contributed by atoms with Crippen LogP contribution in [-0.2, 0) is 85.3 Å². The molecule has 0 saturated heterocycles. The monoisotopic (exact) mass is 2430 g/mol. The summed E-state index contributed by atoms with van der Waals surface area (Å²) in [7, 11) is -10.2. The Morgan fingerprint density at radius 1 is 0.447 bits per heavy atom. The molecule has 8 aromatic rings. The third-order valence-electron chi connectivity index (χ3n) is 19.6. The molecule has 0 N–H and O–H groups in total. The standard InChI is InChI=1S/C34H45Br4NOS3.C20H23Br2NO4S2.C13H7Br2NO3S2.C11H14Br3NO2S2.2CH4/c1-2-3-4-5-10-15-20-39-23-26-29(34(39)40)31(28-22-25(33(38)42-28)17-12-7-9-14-19-36)43-30(26)27-21-24(32(37)41-27)16-11-6-8-13-18-35;21-19-17-15-23(29(24,25)18(17)20(22)28-19)12-6-1-2-7-13-26-27-14-8-11-16-9-4-3-5-10-16;14-12-9-5-16(21(18,19)11(9)13(15)20-12)7-1-2-8-6(3-7)4-10(8)17;12-5-3-1-2-4-6-15-7-8-9(19(15,16)17)11(14)18-10(8)13;;/h21-22H,2-20,23H2,1H3;3-5,8-11H,1-2,6-7,12-15H2;1-3H,4-5H2;1-7H2;2*1H4/b;11-8-;;;;. The number of alkyl halides is 3. The van der Waals surface area contributed by atoms with E-state index in [-0.39, 0.29) is 26.5 Å². The van der Waals surface area contributed by atoms with Gasteiger partial charge in [0.15, 0.2) is 5.78 Å². The number of benzene rings is 2. The quantitative estimate of drug-likeness (QED) is 0.0156. The van der Waals surface area contributed by atoms with Crippen LogP contribution in [-0.4, -0.2) is 99.3 Å². The number of anilines is 1. The fraction of sp³-hybridized carbons (Fsp3) is 0.500. The Labute approximate surface area is 792 Å². The number of carbonyl (C=O) groups is 2. The van der Waals surface area contributed by atoms with Crippen LogP contribution in [0.3, 0.4) is 0 Å². The number of nitrogens with zero attached hydrogens (tertiary/aromatic N) is 4. The van der Waals surface area contributed by atoms with Crippen molar-refractivity contribution in [3.63, 3.8) is 0 Å². The highest BCUT2D eigenvalue weighted by atomic mass is 79.9. The number of amides is 1. The summed E-state index contributed by atoms with van der Waals surface area (Å²) in [5, 5.41) is 3.21. The molecule has 0 radical (unpaired) electrons. The van der Waals surface area contributed by atoms with Crippen molar-refractivity contribution in [2.24, 2.45) is 0 Å². The maximum atomic E-state index is 14.0. The fourth-order valence-corrected chi connectivity index (χ4v) is 37.0. The molecule has 0 unspecified atom stereocenters. The number of ketones is 1. The summed E-state index contributed by atoms with van der Waals surface area (Å²) in [6.45, 7) is 7.25. The van der Waals surface area contributed by atoms with E-state index in [0.29, 0.717) is 89.7 Å². The highest BCUT2D eigenvalue weighted by Crippen LogP contribution is 2.54. The van der Waals surface area contributed by atoms with Gasteiger partial charge in [-0.3, -0.25) is 13.9 Å². The van der Waals surface area contributed by atoms with E-state index in [9.17, 15) is 34.8 Å². The van der Waals surface area contributed by atoms with Gasteiger partial charge in [-0.15, -0.1) is 68.0 Å². The first-order valence-corrected chi connectivity index (χ1v) is 56.5. The molecule has 0 spiro atoms. The van der Waals surface area contributed by atoms with Crippen LogP contribution < -0.4 is 4.31 Å². The molecule has 0 bridgehead atoms. The number of sulfonamides is 3. The highest BCUT2D eigenvalue weighted by molar-refractivity contribution is 9.13. The van der Waals surface area contributed by atoms with Gasteiger partial charge in [0.2, 0.25) is 20.0 Å². The van der Waals surface area contributed by atoms with Crippen LogP contribution in [0.5, 0.6) is 0 Å². The molecule has 628 valence electrons. The Kier molecular flexibility index (Phi) is 42.6. The summed E-state index contributed by atoms with van der Waals surface area (Å²) >= 11 is 48.4. The van der Waals surface area contributed by atoms with Crippen molar-refractivity contribution >= 4 is 297 Å². The van der Waals surface area contributed by atoms with Crippen LogP contribution >= 0.6 is 243 Å². The summed E-state index contributed by atoms with van der Waals surface area (Å²) in [5.74, 6) is 0.356. The predicted molar refractivity (Wildman–Crippen MR) is 520 cm³/mol. The Bertz CT molecular complexity index is 4890. The van der Waals surface area contributed by atoms with Gasteiger partial charge in [0.05, 0.1) is 64.4 Å². The molecule has 0 saturated carbocycles. The molecule has 4 aliphatic heterocycles. The van der Waals surface area contributed by atoms with Crippen molar-refractivity contribution < 1.29 is 44.6 Å². The first-order chi connectivity index (χ1) is 53.8. The van der Waals surface area contributed by atoms with Crippen molar-refractivity contribution in [2.75, 3.05) is 53.1 Å². The number of aryl methyl sites for hydroxylation is 2. The van der Waals surface area contributed by atoms with E-state index < -0.39 is 30.1 Å². The van der Waals surface area contributed by atoms with Crippen molar-refractivity contribution in [1.29, 1.82) is 0 Å². The normalized spacial score (nSPS) is 15.3. The van der Waals surface area contributed by atoms with E-state index in [1.54, 1.807) is 26.8 Å². The molecular formula is C80H97Br11N4O10S9. The summed E-state index contributed by atoms with van der Waals surface area (Å²) in [5.41, 5.74) is 10.9. The lowest BCUT2D eigenvalue weighted by Crippen LogP contribution is -2.26. The molecule has 14 nitrogen and oxygen atoms in total. The minimum Gasteiger partial charge on any atom is -0.334 e. The van der Waals surface area contributed by atoms with Gasteiger partial charge in [0, 0.05) is 99.3 Å². The Morgan fingerprint density at radius 3 is 1.40 bits per heavy atom. The molecule has 114 heavy (non-hydrogen) atoms. The van der Waals surface area contributed by atoms with E-state index in [0.717, 1.165) is 144 Å². The number of carbonyl (C=O) groups excluding carboxylic acids is 2. The molecule has 0 fully saturated rings. The summed E-state index contributed by atoms with van der Waals surface area (Å²) in [4.78, 5) is 44.1. The minimum atomic E-state index is -3.55. The van der Waals surface area contributed by atoms with Gasteiger partial charge in [-0.05, 0) is 251 Å². The predicted octanol–water partition coefficient (Wildman–Crippen LogP) is 29.8. The molecule has 0 atom stereocenters. The van der Waals surface area contributed by atoms with E-state index >= 15 is 0 Å². The number of rotatable bonds is 39. The Balaban J connectivity index is 0.000000199. The minimum absolute atomic E-state index is 0. The topological polar surface area (TPSA) is 168 Å². The third kappa shape index (κ3) is 25.8. The maximum Gasteiger partial charge on any atom is 0.266 e. The summed E-state index contributed by atoms with van der Waals surface area (Å²) < 4.78 is 87.2. The highest BCUT2D eigenvalue weighted by Gasteiger charge is 2.43. The van der Waals surface area contributed by atoms with Gasteiger partial charge >= 0.3 is 0 Å². The maximum absolute atomic E-state index is 14.0. The SMILES string of the molecule is C.C.CCCCCCCCN1Cc2c(-c3cc(CCCCCCBr)c(Br)s3)sc(-c3cc(CCCCCCBr)c(Br)s3)c2C1=O.O=C1Cc2cc(N3Cc4c(Br)sc(Br)c4S3(=O)=O)ccc21.O=S1(=O)c2c(Br)sc(Br)c2CN1CCCCCCBr.O=S1(=O)c2c(Br)sc(Br)c2CN1CCCCCCOOC/C=C\c1ccccc1. The zero-order chi connectivity index (χ0) is 80.3. The Morgan fingerprint density at radius 2 is 0.912 bits per heavy atom. The van der Waals surface area contributed by atoms with E-state index in [1.165, 1.54) is 166 Å². The average Bonchev–Trinajstić information content (AvgIpc) is 1.57. The van der Waals surface area contributed by atoms with Crippen LogP contribution in [0.25, 0.3) is 25.6 Å². The second-order valence-electron chi connectivity index (χ2n) is 27.6. The smallest absolute Gasteiger partial charge is 0.266 e. The second kappa shape index (κ2) is 48.7. The summed E-state index contributed by atoms with van der Waals surface area (Å²) in [6.07, 6.45) is 32.0. The van der Waals surface area contributed by atoms with Gasteiger partial charge < -0.3 is 4.90 Å². The molecule has 10 heterocycles. The summed E-state index contributed by atoms with van der Waals surface area (Å²) in [6, 6.07) is 20.0. The molecule has 2 aromatic carbocycles. The Hall–Kier alpha value is 0.290. The van der Waals surface area contributed by atoms with Gasteiger partial charge in [-0.2, -0.15) is 8.61 Å².